The van der Waals surface area contributed by atoms with E-state index in [4.69, 9.17) is 0 Å². The highest BCUT2D eigenvalue weighted by molar-refractivity contribution is 5.95. The molecule has 26 heavy (non-hydrogen) atoms. The fraction of sp³-hybridized carbons (Fsp3) is 0.263. The maximum Gasteiger partial charge on any atom is 0.254 e. The Labute approximate surface area is 151 Å². The molecule has 7 nitrogen and oxygen atoms in total. The summed E-state index contributed by atoms with van der Waals surface area (Å²) in [5.74, 6) is 0.119. The minimum absolute atomic E-state index is 0.196. The highest BCUT2D eigenvalue weighted by atomic mass is 16.1. The van der Waals surface area contributed by atoms with E-state index in [-0.39, 0.29) is 11.5 Å². The number of hydrogen-bond acceptors (Lipinski definition) is 4. The van der Waals surface area contributed by atoms with Crippen LogP contribution in [0.5, 0.6) is 0 Å². The molecule has 0 aliphatic rings. The summed E-state index contributed by atoms with van der Waals surface area (Å²) in [5.41, 5.74) is 2.68. The molecule has 0 aliphatic carbocycles. The lowest BCUT2D eigenvalue weighted by atomic mass is 10.1. The van der Waals surface area contributed by atoms with Crippen LogP contribution in [0.4, 0.5) is 0 Å². The van der Waals surface area contributed by atoms with E-state index in [2.05, 4.69) is 20.4 Å². The number of hydrogen-bond donors (Lipinski definition) is 2. The largest absolute Gasteiger partial charge is 0.352 e. The molecule has 0 fully saturated rings. The van der Waals surface area contributed by atoms with Gasteiger partial charge in [0.05, 0.1) is 17.5 Å². The number of nitrogens with one attached hydrogen (secondary N) is 2. The van der Waals surface area contributed by atoms with Crippen LogP contribution in [0.15, 0.2) is 47.4 Å². The zero-order valence-electron chi connectivity index (χ0n) is 14.8. The summed E-state index contributed by atoms with van der Waals surface area (Å²) in [6.07, 6.45) is 2.89. The Bertz CT molecular complexity index is 960. The molecule has 0 unspecified atom stereocenters. The Morgan fingerprint density at radius 1 is 1.27 bits per heavy atom. The van der Waals surface area contributed by atoms with Crippen molar-refractivity contribution in [2.24, 2.45) is 0 Å². The van der Waals surface area contributed by atoms with Crippen LogP contribution in [0, 0.1) is 6.92 Å². The summed E-state index contributed by atoms with van der Waals surface area (Å²) in [5, 5.41) is 7.12. The first-order valence-electron chi connectivity index (χ1n) is 8.56. The molecule has 2 N–H and O–H groups in total. The molecule has 0 radical (unpaired) electrons. The van der Waals surface area contributed by atoms with Crippen molar-refractivity contribution < 1.29 is 4.79 Å². The van der Waals surface area contributed by atoms with Gasteiger partial charge in [-0.3, -0.25) is 14.6 Å². The predicted molar refractivity (Wildman–Crippen MR) is 98.6 cm³/mol. The number of H-pyrrole nitrogens is 1. The van der Waals surface area contributed by atoms with Gasteiger partial charge in [0.1, 0.15) is 0 Å². The summed E-state index contributed by atoms with van der Waals surface area (Å²) < 4.78 is 1.48. The molecule has 1 aromatic carbocycles. The van der Waals surface area contributed by atoms with Gasteiger partial charge in [-0.1, -0.05) is 37.3 Å². The molecule has 3 aromatic rings. The molecule has 0 saturated heterocycles. The first kappa shape index (κ1) is 17.6. The second-order valence-corrected chi connectivity index (χ2v) is 5.96. The molecule has 0 spiro atoms. The third kappa shape index (κ3) is 3.88. The van der Waals surface area contributed by atoms with Crippen molar-refractivity contribution in [2.75, 3.05) is 6.54 Å². The topological polar surface area (TPSA) is 92.7 Å². The van der Waals surface area contributed by atoms with Crippen LogP contribution in [0.3, 0.4) is 0 Å². The van der Waals surface area contributed by atoms with Crippen LogP contribution in [-0.4, -0.2) is 32.2 Å². The van der Waals surface area contributed by atoms with Gasteiger partial charge in [-0.15, -0.1) is 0 Å². The van der Waals surface area contributed by atoms with E-state index in [0.717, 1.165) is 6.42 Å². The highest BCUT2D eigenvalue weighted by Gasteiger charge is 2.16. The zero-order valence-corrected chi connectivity index (χ0v) is 14.8. The van der Waals surface area contributed by atoms with Crippen LogP contribution in [0.25, 0.3) is 5.95 Å². The standard InChI is InChI=1S/C19H21N5O2/c1-3-15-11-17(25)23-19(22-15)24-13(2)16(12-21-24)18(26)20-10-9-14-7-5-4-6-8-14/h4-8,11-12H,3,9-10H2,1-2H3,(H,20,26)(H,22,23,25). The van der Waals surface area contributed by atoms with Gasteiger partial charge < -0.3 is 5.32 Å². The fourth-order valence-corrected chi connectivity index (χ4v) is 2.68. The average Bonchev–Trinajstić information content (AvgIpc) is 3.03. The molecule has 0 bridgehead atoms. The Morgan fingerprint density at radius 2 is 2.04 bits per heavy atom. The molecule has 0 saturated carbocycles. The number of aromatic amines is 1. The molecule has 0 atom stereocenters. The predicted octanol–water partition coefficient (Wildman–Crippen LogP) is 1.80. The summed E-state index contributed by atoms with van der Waals surface area (Å²) in [7, 11) is 0. The van der Waals surface area contributed by atoms with Gasteiger partial charge in [-0.25, -0.2) is 9.67 Å². The van der Waals surface area contributed by atoms with Crippen molar-refractivity contribution in [2.45, 2.75) is 26.7 Å². The first-order valence-corrected chi connectivity index (χ1v) is 8.56. The first-order chi connectivity index (χ1) is 12.6. The average molecular weight is 351 g/mol. The van der Waals surface area contributed by atoms with Crippen molar-refractivity contribution in [3.63, 3.8) is 0 Å². The quantitative estimate of drug-likeness (QED) is 0.708. The van der Waals surface area contributed by atoms with Crippen molar-refractivity contribution in [3.05, 3.63) is 75.5 Å². The third-order valence-corrected chi connectivity index (χ3v) is 4.14. The Hall–Kier alpha value is -3.22. The summed E-state index contributed by atoms with van der Waals surface area (Å²) in [6.45, 7) is 4.23. The molecular formula is C19H21N5O2. The van der Waals surface area contributed by atoms with Gasteiger partial charge in [-0.05, 0) is 25.3 Å². The third-order valence-electron chi connectivity index (χ3n) is 4.14. The van der Waals surface area contributed by atoms with E-state index in [1.807, 2.05) is 37.3 Å². The smallest absolute Gasteiger partial charge is 0.254 e. The SMILES string of the molecule is CCc1cc(=O)[nH]c(-n2ncc(C(=O)NCCc3ccccc3)c2C)n1. The molecule has 2 aromatic heterocycles. The van der Waals surface area contributed by atoms with Crippen LogP contribution >= 0.6 is 0 Å². The second-order valence-electron chi connectivity index (χ2n) is 5.96. The van der Waals surface area contributed by atoms with E-state index < -0.39 is 0 Å². The molecule has 7 heteroatoms. The maximum atomic E-state index is 12.4. The number of amides is 1. The highest BCUT2D eigenvalue weighted by Crippen LogP contribution is 2.11. The number of carbonyl (C=O) groups excluding carboxylic acids is 1. The zero-order chi connectivity index (χ0) is 18.5. The van der Waals surface area contributed by atoms with Gasteiger partial charge in [-0.2, -0.15) is 5.10 Å². The number of aryl methyl sites for hydroxylation is 1. The molecular weight excluding hydrogens is 330 g/mol. The van der Waals surface area contributed by atoms with Crippen molar-refractivity contribution >= 4 is 5.91 Å². The Balaban J connectivity index is 1.73. The Morgan fingerprint density at radius 3 is 2.77 bits per heavy atom. The van der Waals surface area contributed by atoms with Crippen LogP contribution < -0.4 is 10.9 Å². The molecule has 0 aliphatic heterocycles. The van der Waals surface area contributed by atoms with E-state index in [1.54, 1.807) is 6.92 Å². The fourth-order valence-electron chi connectivity index (χ4n) is 2.68. The minimum Gasteiger partial charge on any atom is -0.352 e. The lowest BCUT2D eigenvalue weighted by molar-refractivity contribution is 0.0953. The van der Waals surface area contributed by atoms with Gasteiger partial charge in [0.15, 0.2) is 0 Å². The number of nitrogens with zero attached hydrogens (tertiary/aromatic N) is 3. The van der Waals surface area contributed by atoms with E-state index in [9.17, 15) is 9.59 Å². The minimum atomic E-state index is -0.240. The summed E-state index contributed by atoms with van der Waals surface area (Å²) >= 11 is 0. The number of aromatic nitrogens is 4. The second kappa shape index (κ2) is 7.77. The molecule has 1 amide bonds. The number of carbonyl (C=O) groups is 1. The van der Waals surface area contributed by atoms with Crippen LogP contribution in [0.1, 0.15) is 34.2 Å². The molecule has 2 heterocycles. The normalized spacial score (nSPS) is 10.7. The lowest BCUT2D eigenvalue weighted by Crippen LogP contribution is -2.26. The number of rotatable bonds is 6. The van der Waals surface area contributed by atoms with Crippen LogP contribution in [0.2, 0.25) is 0 Å². The Kier molecular flexibility index (Phi) is 5.26. The van der Waals surface area contributed by atoms with E-state index in [1.165, 1.54) is 22.5 Å². The summed E-state index contributed by atoms with van der Waals surface area (Å²) in [4.78, 5) is 31.2. The van der Waals surface area contributed by atoms with E-state index >= 15 is 0 Å². The monoisotopic (exact) mass is 351 g/mol. The summed E-state index contributed by atoms with van der Waals surface area (Å²) in [6, 6.07) is 11.4. The number of benzene rings is 1. The van der Waals surface area contributed by atoms with Gasteiger partial charge in [0.2, 0.25) is 5.95 Å². The van der Waals surface area contributed by atoms with Crippen LogP contribution in [-0.2, 0) is 12.8 Å². The van der Waals surface area contributed by atoms with Gasteiger partial charge in [0.25, 0.3) is 11.5 Å². The van der Waals surface area contributed by atoms with Gasteiger partial charge >= 0.3 is 0 Å². The van der Waals surface area contributed by atoms with Crippen molar-refractivity contribution in [1.29, 1.82) is 0 Å². The van der Waals surface area contributed by atoms with Crippen molar-refractivity contribution in [3.8, 4) is 5.95 Å². The van der Waals surface area contributed by atoms with E-state index in [0.29, 0.717) is 35.9 Å². The van der Waals surface area contributed by atoms with Crippen molar-refractivity contribution in [1.82, 2.24) is 25.1 Å². The molecule has 134 valence electrons. The lowest BCUT2D eigenvalue weighted by Gasteiger charge is -2.07. The molecule has 3 rings (SSSR count). The maximum absolute atomic E-state index is 12.4. The van der Waals surface area contributed by atoms with Gasteiger partial charge in [0, 0.05) is 18.3 Å².